The second kappa shape index (κ2) is 11.5. The van der Waals surface area contributed by atoms with Crippen molar-refractivity contribution in [2.75, 3.05) is 26.2 Å². The number of carbonyl (C=O) groups excluding carboxylic acids is 1. The van der Waals surface area contributed by atoms with Crippen LogP contribution in [-0.4, -0.2) is 47.5 Å². The third kappa shape index (κ3) is 6.00. The summed E-state index contributed by atoms with van der Waals surface area (Å²) in [5, 5.41) is 9.98. The van der Waals surface area contributed by atoms with E-state index in [9.17, 15) is 4.79 Å². The largest absolute Gasteiger partial charge is 0.357 e. The van der Waals surface area contributed by atoms with E-state index in [-0.39, 0.29) is 36.4 Å². The lowest BCUT2D eigenvalue weighted by atomic mass is 10.1. The Morgan fingerprint density at radius 3 is 2.94 bits per heavy atom. The number of benzene rings is 1. The van der Waals surface area contributed by atoms with Crippen molar-refractivity contribution < 1.29 is 4.79 Å². The Labute approximate surface area is 204 Å². The van der Waals surface area contributed by atoms with E-state index in [4.69, 9.17) is 0 Å². The van der Waals surface area contributed by atoms with Gasteiger partial charge in [0, 0.05) is 49.3 Å². The van der Waals surface area contributed by atoms with Gasteiger partial charge < -0.3 is 20.1 Å². The first-order valence-electron chi connectivity index (χ1n) is 10.6. The highest BCUT2D eigenvalue weighted by Gasteiger charge is 2.21. The maximum atomic E-state index is 12.6. The van der Waals surface area contributed by atoms with Crippen LogP contribution in [0, 0.1) is 0 Å². The lowest BCUT2D eigenvalue weighted by Gasteiger charge is -2.26. The number of amides is 1. The van der Waals surface area contributed by atoms with Crippen LogP contribution in [0.1, 0.15) is 23.8 Å². The van der Waals surface area contributed by atoms with Gasteiger partial charge >= 0.3 is 0 Å². The first-order valence-corrected chi connectivity index (χ1v) is 11.5. The van der Waals surface area contributed by atoms with E-state index in [0.29, 0.717) is 12.5 Å². The van der Waals surface area contributed by atoms with Gasteiger partial charge in [-0.15, -0.1) is 35.3 Å². The summed E-state index contributed by atoms with van der Waals surface area (Å²) in [5.74, 6) is 0.791. The second-order valence-corrected chi connectivity index (χ2v) is 8.48. The molecule has 2 N–H and O–H groups in total. The Morgan fingerprint density at radius 2 is 2.06 bits per heavy atom. The zero-order valence-corrected chi connectivity index (χ0v) is 21.0. The fraction of sp³-hybridized carbons (Fsp3) is 0.391. The Morgan fingerprint density at radius 1 is 1.19 bits per heavy atom. The molecule has 0 aliphatic carbocycles. The number of guanidine groups is 1. The maximum Gasteiger partial charge on any atom is 0.244 e. The molecule has 3 heterocycles. The molecular weight excluding hydrogens is 521 g/mol. The van der Waals surface area contributed by atoms with Crippen LogP contribution in [0.3, 0.4) is 0 Å². The van der Waals surface area contributed by atoms with Crippen LogP contribution < -0.4 is 10.6 Å². The van der Waals surface area contributed by atoms with Crippen LogP contribution in [0.2, 0.25) is 0 Å². The Balaban J connectivity index is 0.00000272. The number of nitrogens with one attached hydrogen (secondary N) is 2. The Kier molecular flexibility index (Phi) is 8.77. The van der Waals surface area contributed by atoms with Crippen LogP contribution in [0.4, 0.5) is 0 Å². The number of rotatable bonds is 7. The standard InChI is InChI=1S/C23H29N5OS.HI/c1-2-24-23(25-11-5-12-27-13-8-18-6-3-4-7-20(18)27)26-16-22(29)28-14-9-21-19(17-28)10-15-30-21;/h3-4,6-8,10,13,15H,2,5,9,11-12,14,16-17H2,1H3,(H2,24,25,26);1H. The highest BCUT2D eigenvalue weighted by Crippen LogP contribution is 2.23. The third-order valence-corrected chi connectivity index (χ3v) is 6.45. The lowest BCUT2D eigenvalue weighted by Crippen LogP contribution is -2.40. The topological polar surface area (TPSA) is 61.7 Å². The minimum atomic E-state index is 0. The summed E-state index contributed by atoms with van der Waals surface area (Å²) in [6.45, 7) is 6.22. The average molecular weight is 551 g/mol. The van der Waals surface area contributed by atoms with Crippen molar-refractivity contribution in [2.45, 2.75) is 32.9 Å². The summed E-state index contributed by atoms with van der Waals surface area (Å²) < 4.78 is 2.28. The van der Waals surface area contributed by atoms with Gasteiger partial charge in [-0.1, -0.05) is 18.2 Å². The summed E-state index contributed by atoms with van der Waals surface area (Å²) in [6.07, 6.45) is 4.07. The van der Waals surface area contributed by atoms with Crippen molar-refractivity contribution in [1.29, 1.82) is 0 Å². The van der Waals surface area contributed by atoms with Gasteiger partial charge in [-0.25, -0.2) is 4.99 Å². The molecule has 0 radical (unpaired) electrons. The average Bonchev–Trinajstić information content (AvgIpc) is 3.41. The van der Waals surface area contributed by atoms with Crippen LogP contribution >= 0.6 is 35.3 Å². The number of para-hydroxylation sites is 1. The minimum absolute atomic E-state index is 0. The predicted octanol–water partition coefficient (Wildman–Crippen LogP) is 3.85. The third-order valence-electron chi connectivity index (χ3n) is 5.43. The Bertz CT molecular complexity index is 1030. The van der Waals surface area contributed by atoms with Crippen molar-refractivity contribution >= 4 is 58.1 Å². The molecule has 6 nitrogen and oxygen atoms in total. The monoisotopic (exact) mass is 551 g/mol. The number of nitrogens with zero attached hydrogens (tertiary/aromatic N) is 3. The van der Waals surface area contributed by atoms with Crippen molar-refractivity contribution in [3.8, 4) is 0 Å². The molecule has 166 valence electrons. The quantitative estimate of drug-likeness (QED) is 0.203. The van der Waals surface area contributed by atoms with E-state index in [1.54, 1.807) is 11.3 Å². The van der Waals surface area contributed by atoms with Crippen LogP contribution in [0.5, 0.6) is 0 Å². The maximum absolute atomic E-state index is 12.6. The molecule has 0 saturated heterocycles. The highest BCUT2D eigenvalue weighted by molar-refractivity contribution is 14.0. The number of thiophene rings is 1. The molecule has 0 atom stereocenters. The Hall–Kier alpha value is -2.07. The van der Waals surface area contributed by atoms with Gasteiger partial charge in [0.25, 0.3) is 0 Å². The second-order valence-electron chi connectivity index (χ2n) is 7.48. The predicted molar refractivity (Wildman–Crippen MR) is 139 cm³/mol. The number of hydrogen-bond acceptors (Lipinski definition) is 3. The van der Waals surface area contributed by atoms with E-state index in [1.165, 1.54) is 21.3 Å². The molecule has 1 amide bonds. The van der Waals surface area contributed by atoms with Crippen LogP contribution in [0.15, 0.2) is 53.0 Å². The van der Waals surface area contributed by atoms with Gasteiger partial charge in [0.05, 0.1) is 0 Å². The molecule has 4 rings (SSSR count). The van der Waals surface area contributed by atoms with E-state index < -0.39 is 0 Å². The molecular formula is C23H30IN5OS. The van der Waals surface area contributed by atoms with Crippen molar-refractivity contribution in [2.24, 2.45) is 4.99 Å². The molecule has 31 heavy (non-hydrogen) atoms. The zero-order chi connectivity index (χ0) is 20.8. The molecule has 1 aliphatic rings. The summed E-state index contributed by atoms with van der Waals surface area (Å²) in [4.78, 5) is 20.5. The normalized spacial score (nSPS) is 13.6. The smallest absolute Gasteiger partial charge is 0.244 e. The number of hydrogen-bond donors (Lipinski definition) is 2. The zero-order valence-electron chi connectivity index (χ0n) is 17.8. The summed E-state index contributed by atoms with van der Waals surface area (Å²) in [7, 11) is 0. The molecule has 0 spiro atoms. The van der Waals surface area contributed by atoms with Gasteiger partial charge in [-0.3, -0.25) is 4.79 Å². The van der Waals surface area contributed by atoms with Crippen molar-refractivity contribution in [3.05, 3.63) is 58.4 Å². The van der Waals surface area contributed by atoms with Gasteiger partial charge in [-0.05, 0) is 54.3 Å². The van der Waals surface area contributed by atoms with Crippen molar-refractivity contribution in [3.63, 3.8) is 0 Å². The molecule has 2 aromatic heterocycles. The molecule has 0 fully saturated rings. The molecule has 0 bridgehead atoms. The van der Waals surface area contributed by atoms with Gasteiger partial charge in [0.15, 0.2) is 5.96 Å². The SMILES string of the molecule is CCNC(=NCC(=O)N1CCc2sccc2C1)NCCCn1ccc2ccccc21.I. The minimum Gasteiger partial charge on any atom is -0.357 e. The number of halogens is 1. The number of carbonyl (C=O) groups is 1. The lowest BCUT2D eigenvalue weighted by molar-refractivity contribution is -0.130. The molecule has 0 saturated carbocycles. The van der Waals surface area contributed by atoms with E-state index >= 15 is 0 Å². The van der Waals surface area contributed by atoms with E-state index in [1.807, 2.05) is 11.8 Å². The van der Waals surface area contributed by atoms with Crippen LogP contribution in [-0.2, 0) is 24.3 Å². The van der Waals surface area contributed by atoms with Gasteiger partial charge in [0.2, 0.25) is 5.91 Å². The fourth-order valence-corrected chi connectivity index (χ4v) is 4.73. The molecule has 8 heteroatoms. The number of aromatic nitrogens is 1. The number of fused-ring (bicyclic) bond motifs is 2. The molecule has 3 aromatic rings. The van der Waals surface area contributed by atoms with Crippen LogP contribution in [0.25, 0.3) is 10.9 Å². The summed E-state index contributed by atoms with van der Waals surface area (Å²) in [5.41, 5.74) is 2.55. The van der Waals surface area contributed by atoms with Gasteiger partial charge in [0.1, 0.15) is 6.54 Å². The number of aliphatic imine (C=N–C) groups is 1. The molecule has 1 aliphatic heterocycles. The van der Waals surface area contributed by atoms with E-state index in [2.05, 4.69) is 68.2 Å². The molecule has 0 unspecified atom stereocenters. The summed E-state index contributed by atoms with van der Waals surface area (Å²) in [6, 6.07) is 12.7. The highest BCUT2D eigenvalue weighted by atomic mass is 127. The first kappa shape index (κ1) is 23.6. The molecule has 1 aromatic carbocycles. The van der Waals surface area contributed by atoms with Crippen molar-refractivity contribution in [1.82, 2.24) is 20.1 Å². The van der Waals surface area contributed by atoms with Gasteiger partial charge in [-0.2, -0.15) is 0 Å². The fourth-order valence-electron chi connectivity index (χ4n) is 3.84. The summed E-state index contributed by atoms with van der Waals surface area (Å²) >= 11 is 1.79. The van der Waals surface area contributed by atoms with E-state index in [0.717, 1.165) is 39.0 Å². The number of aryl methyl sites for hydroxylation is 1. The first-order chi connectivity index (χ1) is 14.7.